The molecule has 2 N–H and O–H groups in total. The molecule has 4 nitrogen and oxygen atoms in total. The number of anilines is 1. The Morgan fingerprint density at radius 3 is 2.86 bits per heavy atom. The fraction of sp³-hybridized carbons (Fsp3) is 0.562. The first-order chi connectivity index (χ1) is 10.2. The second kappa shape index (κ2) is 6.43. The van der Waals surface area contributed by atoms with Crippen molar-refractivity contribution in [1.82, 2.24) is 10.6 Å². The largest absolute Gasteiger partial charge is 0.371 e. The van der Waals surface area contributed by atoms with Crippen molar-refractivity contribution in [3.63, 3.8) is 0 Å². The van der Waals surface area contributed by atoms with Crippen LogP contribution >= 0.6 is 0 Å². The number of amides is 1. The van der Waals surface area contributed by atoms with Gasteiger partial charge in [0.1, 0.15) is 5.82 Å². The Labute approximate surface area is 124 Å². The lowest BCUT2D eigenvalue weighted by atomic mass is 10.1. The molecule has 2 aliphatic heterocycles. The molecule has 2 aliphatic rings. The van der Waals surface area contributed by atoms with Crippen LogP contribution in [0.1, 0.15) is 12.8 Å². The van der Waals surface area contributed by atoms with Crippen LogP contribution in [0.5, 0.6) is 0 Å². The van der Waals surface area contributed by atoms with Crippen LogP contribution < -0.4 is 15.5 Å². The van der Waals surface area contributed by atoms with Gasteiger partial charge in [-0.2, -0.15) is 0 Å². The molecule has 0 saturated carbocycles. The van der Waals surface area contributed by atoms with Crippen molar-refractivity contribution in [3.8, 4) is 0 Å². The molecule has 0 radical (unpaired) electrons. The topological polar surface area (TPSA) is 44.4 Å². The number of nitrogens with one attached hydrogen (secondary N) is 2. The number of benzene rings is 1. The van der Waals surface area contributed by atoms with Gasteiger partial charge in [0.2, 0.25) is 5.91 Å². The van der Waals surface area contributed by atoms with Crippen molar-refractivity contribution in [3.05, 3.63) is 30.1 Å². The quantitative estimate of drug-likeness (QED) is 0.881. The Bertz CT molecular complexity index is 485. The molecular formula is C16H22FN3O. The number of carbonyl (C=O) groups excluding carboxylic acids is 1. The molecule has 2 fully saturated rings. The number of hydrogen-bond acceptors (Lipinski definition) is 3. The van der Waals surface area contributed by atoms with Gasteiger partial charge in [0.15, 0.2) is 0 Å². The van der Waals surface area contributed by atoms with Gasteiger partial charge in [0.25, 0.3) is 0 Å². The predicted molar refractivity (Wildman–Crippen MR) is 80.7 cm³/mol. The van der Waals surface area contributed by atoms with Crippen molar-refractivity contribution in [2.45, 2.75) is 12.8 Å². The van der Waals surface area contributed by atoms with E-state index in [0.29, 0.717) is 5.92 Å². The van der Waals surface area contributed by atoms with Gasteiger partial charge in [-0.25, -0.2) is 4.39 Å². The van der Waals surface area contributed by atoms with Gasteiger partial charge in [-0.1, -0.05) is 0 Å². The maximum Gasteiger partial charge on any atom is 0.224 e. The zero-order chi connectivity index (χ0) is 14.7. The third kappa shape index (κ3) is 3.53. The molecule has 2 unspecified atom stereocenters. The summed E-state index contributed by atoms with van der Waals surface area (Å²) in [4.78, 5) is 14.2. The molecule has 2 heterocycles. The summed E-state index contributed by atoms with van der Waals surface area (Å²) in [7, 11) is 0. The zero-order valence-electron chi connectivity index (χ0n) is 12.1. The zero-order valence-corrected chi connectivity index (χ0v) is 12.1. The van der Waals surface area contributed by atoms with Crippen LogP contribution in [-0.2, 0) is 4.79 Å². The predicted octanol–water partition coefficient (Wildman–Crippen LogP) is 1.38. The summed E-state index contributed by atoms with van der Waals surface area (Å²) in [6.07, 6.45) is 2.01. The standard InChI is InChI=1S/C16H22FN3O/c17-14-1-3-15(4-2-14)20-8-6-12(11-20)9-19-16(21)13-5-7-18-10-13/h1-4,12-13,18H,5-11H2,(H,19,21). The highest BCUT2D eigenvalue weighted by Gasteiger charge is 2.26. The second-order valence-electron chi connectivity index (χ2n) is 6.01. The number of halogens is 1. The number of rotatable bonds is 4. The highest BCUT2D eigenvalue weighted by atomic mass is 19.1. The Morgan fingerprint density at radius 1 is 1.33 bits per heavy atom. The number of nitrogens with zero attached hydrogens (tertiary/aromatic N) is 1. The summed E-state index contributed by atoms with van der Waals surface area (Å²) in [6, 6.07) is 6.63. The van der Waals surface area contributed by atoms with E-state index in [1.807, 2.05) is 12.1 Å². The van der Waals surface area contributed by atoms with Crippen LogP contribution in [0.4, 0.5) is 10.1 Å². The molecule has 0 bridgehead atoms. The normalized spacial score (nSPS) is 25.3. The van der Waals surface area contributed by atoms with E-state index < -0.39 is 0 Å². The molecule has 114 valence electrons. The van der Waals surface area contributed by atoms with E-state index >= 15 is 0 Å². The van der Waals surface area contributed by atoms with Crippen LogP contribution in [0.3, 0.4) is 0 Å². The van der Waals surface area contributed by atoms with Crippen molar-refractivity contribution in [2.75, 3.05) is 37.6 Å². The van der Waals surface area contributed by atoms with E-state index in [9.17, 15) is 9.18 Å². The second-order valence-corrected chi connectivity index (χ2v) is 6.01. The van der Waals surface area contributed by atoms with Crippen LogP contribution in [0, 0.1) is 17.7 Å². The van der Waals surface area contributed by atoms with Gasteiger partial charge in [0, 0.05) is 31.9 Å². The van der Waals surface area contributed by atoms with Gasteiger partial charge in [-0.3, -0.25) is 4.79 Å². The summed E-state index contributed by atoms with van der Waals surface area (Å²) in [5.41, 5.74) is 1.06. The van der Waals surface area contributed by atoms with E-state index in [-0.39, 0.29) is 17.6 Å². The monoisotopic (exact) mass is 291 g/mol. The molecule has 2 saturated heterocycles. The summed E-state index contributed by atoms with van der Waals surface area (Å²) in [5.74, 6) is 0.597. The van der Waals surface area contributed by atoms with Gasteiger partial charge in [-0.15, -0.1) is 0 Å². The number of carbonyl (C=O) groups is 1. The summed E-state index contributed by atoms with van der Waals surface area (Å²) in [6.45, 7) is 4.39. The minimum absolute atomic E-state index is 0.139. The van der Waals surface area contributed by atoms with E-state index in [1.165, 1.54) is 12.1 Å². The summed E-state index contributed by atoms with van der Waals surface area (Å²) in [5, 5.41) is 6.30. The molecule has 0 spiro atoms. The molecule has 3 rings (SSSR count). The Kier molecular flexibility index (Phi) is 4.39. The van der Waals surface area contributed by atoms with Crippen LogP contribution in [0.25, 0.3) is 0 Å². The van der Waals surface area contributed by atoms with Gasteiger partial charge in [0.05, 0.1) is 5.92 Å². The van der Waals surface area contributed by atoms with E-state index in [4.69, 9.17) is 0 Å². The lowest BCUT2D eigenvalue weighted by molar-refractivity contribution is -0.124. The lowest BCUT2D eigenvalue weighted by Gasteiger charge is -2.19. The van der Waals surface area contributed by atoms with Crippen LogP contribution in [-0.4, -0.2) is 38.6 Å². The third-order valence-corrected chi connectivity index (χ3v) is 4.47. The fourth-order valence-electron chi connectivity index (χ4n) is 3.15. The van der Waals surface area contributed by atoms with Gasteiger partial charge in [-0.05, 0) is 49.6 Å². The molecule has 2 atom stereocenters. The number of hydrogen-bond donors (Lipinski definition) is 2. The van der Waals surface area contributed by atoms with E-state index in [1.54, 1.807) is 0 Å². The molecule has 0 aliphatic carbocycles. The first-order valence-electron chi connectivity index (χ1n) is 7.71. The van der Waals surface area contributed by atoms with Crippen LogP contribution in [0.15, 0.2) is 24.3 Å². The maximum atomic E-state index is 12.9. The van der Waals surface area contributed by atoms with Gasteiger partial charge >= 0.3 is 0 Å². The Morgan fingerprint density at radius 2 is 2.14 bits per heavy atom. The Hall–Kier alpha value is -1.62. The highest BCUT2D eigenvalue weighted by Crippen LogP contribution is 2.23. The molecule has 1 aromatic carbocycles. The minimum atomic E-state index is -0.202. The van der Waals surface area contributed by atoms with E-state index in [0.717, 1.165) is 51.3 Å². The fourth-order valence-corrected chi connectivity index (χ4v) is 3.15. The summed E-state index contributed by atoms with van der Waals surface area (Å²) >= 11 is 0. The third-order valence-electron chi connectivity index (χ3n) is 4.47. The molecule has 21 heavy (non-hydrogen) atoms. The minimum Gasteiger partial charge on any atom is -0.371 e. The van der Waals surface area contributed by atoms with Crippen molar-refractivity contribution >= 4 is 11.6 Å². The average molecular weight is 291 g/mol. The first kappa shape index (κ1) is 14.3. The average Bonchev–Trinajstić information content (AvgIpc) is 3.17. The smallest absolute Gasteiger partial charge is 0.224 e. The van der Waals surface area contributed by atoms with Crippen molar-refractivity contribution < 1.29 is 9.18 Å². The van der Waals surface area contributed by atoms with E-state index in [2.05, 4.69) is 15.5 Å². The van der Waals surface area contributed by atoms with Gasteiger partial charge < -0.3 is 15.5 Å². The molecule has 0 aromatic heterocycles. The maximum absolute atomic E-state index is 12.9. The molecule has 1 amide bonds. The summed E-state index contributed by atoms with van der Waals surface area (Å²) < 4.78 is 12.9. The molecular weight excluding hydrogens is 269 g/mol. The first-order valence-corrected chi connectivity index (χ1v) is 7.71. The SMILES string of the molecule is O=C(NCC1CCN(c2ccc(F)cc2)C1)C1CCNC1. The lowest BCUT2D eigenvalue weighted by Crippen LogP contribution is -2.36. The highest BCUT2D eigenvalue weighted by molar-refractivity contribution is 5.79. The van der Waals surface area contributed by atoms with Crippen molar-refractivity contribution in [1.29, 1.82) is 0 Å². The van der Waals surface area contributed by atoms with Crippen LogP contribution in [0.2, 0.25) is 0 Å². The van der Waals surface area contributed by atoms with Crippen molar-refractivity contribution in [2.24, 2.45) is 11.8 Å². The molecule has 1 aromatic rings. The Balaban J connectivity index is 1.46. The molecule has 5 heteroatoms.